The molecule has 0 aliphatic carbocycles. The molecule has 0 bridgehead atoms. The maximum absolute atomic E-state index is 13.0. The van der Waals surface area contributed by atoms with Gasteiger partial charge in [-0.05, 0) is 38.1 Å². The van der Waals surface area contributed by atoms with Crippen molar-refractivity contribution in [3.05, 3.63) is 65.7 Å². The summed E-state index contributed by atoms with van der Waals surface area (Å²) in [4.78, 5) is 26.8. The second-order valence-electron chi connectivity index (χ2n) is 6.43. The second-order valence-corrected chi connectivity index (χ2v) is 6.43. The standard InChI is InChI=1S/C21H27N3O2/c1-4-14-22-19(25)15-24(3)20(17-8-6-5-7-9-17)21(26)23-18-12-10-16(2)11-13-18/h5-13,20H,4,14-15H2,1-3H3,(H,22,25)(H,23,26)/t20-/m0/s1. The first kappa shape index (κ1) is 19.7. The van der Waals surface area contributed by atoms with Crippen molar-refractivity contribution in [3.63, 3.8) is 0 Å². The maximum atomic E-state index is 13.0. The molecule has 138 valence electrons. The van der Waals surface area contributed by atoms with Gasteiger partial charge in [0.05, 0.1) is 6.54 Å². The van der Waals surface area contributed by atoms with Crippen LogP contribution in [0.2, 0.25) is 0 Å². The Bertz CT molecular complexity index is 714. The summed E-state index contributed by atoms with van der Waals surface area (Å²) in [5, 5.41) is 5.80. The van der Waals surface area contributed by atoms with Crippen LogP contribution in [0.15, 0.2) is 54.6 Å². The van der Waals surface area contributed by atoms with Crippen molar-refractivity contribution >= 4 is 17.5 Å². The van der Waals surface area contributed by atoms with Gasteiger partial charge in [0.2, 0.25) is 11.8 Å². The zero-order valence-electron chi connectivity index (χ0n) is 15.7. The third-order valence-corrected chi connectivity index (χ3v) is 4.09. The van der Waals surface area contributed by atoms with Crippen LogP contribution >= 0.6 is 0 Å². The number of hydrogen-bond acceptors (Lipinski definition) is 3. The van der Waals surface area contributed by atoms with Crippen molar-refractivity contribution in [2.75, 3.05) is 25.5 Å². The van der Waals surface area contributed by atoms with Crippen LogP contribution in [0.3, 0.4) is 0 Å². The molecule has 0 saturated heterocycles. The van der Waals surface area contributed by atoms with Gasteiger partial charge in [0.25, 0.3) is 0 Å². The highest BCUT2D eigenvalue weighted by Gasteiger charge is 2.26. The van der Waals surface area contributed by atoms with Crippen LogP contribution in [0.5, 0.6) is 0 Å². The Morgan fingerprint density at radius 3 is 2.31 bits per heavy atom. The highest BCUT2D eigenvalue weighted by molar-refractivity contribution is 5.96. The van der Waals surface area contributed by atoms with Crippen LogP contribution in [0.4, 0.5) is 5.69 Å². The molecule has 0 fully saturated rings. The quantitative estimate of drug-likeness (QED) is 0.766. The Kier molecular flexibility index (Phi) is 7.36. The predicted molar refractivity (Wildman–Crippen MR) is 105 cm³/mol. The summed E-state index contributed by atoms with van der Waals surface area (Å²) in [7, 11) is 1.79. The van der Waals surface area contributed by atoms with Crippen LogP contribution in [-0.4, -0.2) is 36.9 Å². The highest BCUT2D eigenvalue weighted by atomic mass is 16.2. The largest absolute Gasteiger partial charge is 0.355 e. The minimum atomic E-state index is -0.551. The maximum Gasteiger partial charge on any atom is 0.246 e. The monoisotopic (exact) mass is 353 g/mol. The third kappa shape index (κ3) is 5.70. The fourth-order valence-corrected chi connectivity index (χ4v) is 2.73. The van der Waals surface area contributed by atoms with Crippen molar-refractivity contribution < 1.29 is 9.59 Å². The van der Waals surface area contributed by atoms with E-state index in [0.717, 1.165) is 23.2 Å². The molecule has 2 rings (SSSR count). The van der Waals surface area contributed by atoms with E-state index in [1.165, 1.54) is 0 Å². The Morgan fingerprint density at radius 1 is 1.04 bits per heavy atom. The lowest BCUT2D eigenvalue weighted by Crippen LogP contribution is -2.41. The van der Waals surface area contributed by atoms with Gasteiger partial charge in [-0.15, -0.1) is 0 Å². The molecule has 2 N–H and O–H groups in total. The molecule has 5 heteroatoms. The summed E-state index contributed by atoms with van der Waals surface area (Å²) in [5.41, 5.74) is 2.72. The van der Waals surface area contributed by atoms with E-state index in [1.54, 1.807) is 11.9 Å². The van der Waals surface area contributed by atoms with Crippen LogP contribution in [0, 0.1) is 6.92 Å². The van der Waals surface area contributed by atoms with Crippen LogP contribution in [-0.2, 0) is 9.59 Å². The first-order chi connectivity index (χ1) is 12.5. The topological polar surface area (TPSA) is 61.4 Å². The van der Waals surface area contributed by atoms with Gasteiger partial charge in [0.1, 0.15) is 6.04 Å². The van der Waals surface area contributed by atoms with Gasteiger partial charge in [-0.25, -0.2) is 0 Å². The SMILES string of the molecule is CCCNC(=O)CN(C)[C@H](C(=O)Nc1ccc(C)cc1)c1ccccc1. The molecule has 26 heavy (non-hydrogen) atoms. The second kappa shape index (κ2) is 9.73. The smallest absolute Gasteiger partial charge is 0.246 e. The molecule has 0 saturated carbocycles. The molecule has 5 nitrogen and oxygen atoms in total. The number of aryl methyl sites for hydroxylation is 1. The minimum Gasteiger partial charge on any atom is -0.355 e. The minimum absolute atomic E-state index is 0.0848. The van der Waals surface area contributed by atoms with E-state index in [2.05, 4.69) is 10.6 Å². The molecule has 2 aromatic carbocycles. The first-order valence-electron chi connectivity index (χ1n) is 8.90. The first-order valence-corrected chi connectivity index (χ1v) is 8.90. The molecule has 2 amide bonds. The molecule has 0 aromatic heterocycles. The fourth-order valence-electron chi connectivity index (χ4n) is 2.73. The molecule has 2 aromatic rings. The van der Waals surface area contributed by atoms with E-state index in [-0.39, 0.29) is 18.4 Å². The molecule has 0 aliphatic heterocycles. The summed E-state index contributed by atoms with van der Waals surface area (Å²) < 4.78 is 0. The van der Waals surface area contributed by atoms with Crippen molar-refractivity contribution in [1.29, 1.82) is 0 Å². The summed E-state index contributed by atoms with van der Waals surface area (Å²) >= 11 is 0. The normalized spacial score (nSPS) is 11.8. The number of benzene rings is 2. The Balaban J connectivity index is 2.16. The molecule has 0 radical (unpaired) electrons. The third-order valence-electron chi connectivity index (χ3n) is 4.09. The van der Waals surface area contributed by atoms with Gasteiger partial charge >= 0.3 is 0 Å². The zero-order chi connectivity index (χ0) is 18.9. The average molecular weight is 353 g/mol. The number of nitrogens with one attached hydrogen (secondary N) is 2. The van der Waals surface area contributed by atoms with Gasteiger partial charge in [0, 0.05) is 12.2 Å². The number of rotatable bonds is 8. The lowest BCUT2D eigenvalue weighted by atomic mass is 10.0. The van der Waals surface area contributed by atoms with E-state index in [0.29, 0.717) is 6.54 Å². The lowest BCUT2D eigenvalue weighted by molar-refractivity contribution is -0.125. The number of amides is 2. The highest BCUT2D eigenvalue weighted by Crippen LogP contribution is 2.21. The van der Waals surface area contributed by atoms with E-state index < -0.39 is 6.04 Å². The van der Waals surface area contributed by atoms with E-state index >= 15 is 0 Å². The van der Waals surface area contributed by atoms with Gasteiger partial charge in [0.15, 0.2) is 0 Å². The number of hydrogen-bond donors (Lipinski definition) is 2. The Hall–Kier alpha value is -2.66. The number of carbonyl (C=O) groups is 2. The molecule has 0 unspecified atom stereocenters. The zero-order valence-corrected chi connectivity index (χ0v) is 15.7. The van der Waals surface area contributed by atoms with Crippen LogP contribution < -0.4 is 10.6 Å². The van der Waals surface area contributed by atoms with Crippen LogP contribution in [0.1, 0.15) is 30.5 Å². The molecular formula is C21H27N3O2. The van der Waals surface area contributed by atoms with Crippen molar-refractivity contribution in [1.82, 2.24) is 10.2 Å². The number of carbonyl (C=O) groups excluding carboxylic acids is 2. The molecule has 0 aliphatic rings. The van der Waals surface area contributed by atoms with Crippen LogP contribution in [0.25, 0.3) is 0 Å². The van der Waals surface area contributed by atoms with E-state index in [4.69, 9.17) is 0 Å². The lowest BCUT2D eigenvalue weighted by Gasteiger charge is -2.27. The number of nitrogens with zero attached hydrogens (tertiary/aromatic N) is 1. The number of anilines is 1. The van der Waals surface area contributed by atoms with Crippen molar-refractivity contribution in [2.45, 2.75) is 26.3 Å². The molecule has 1 atom stereocenters. The van der Waals surface area contributed by atoms with E-state index in [1.807, 2.05) is 68.4 Å². The van der Waals surface area contributed by atoms with E-state index in [9.17, 15) is 9.59 Å². The van der Waals surface area contributed by atoms with Gasteiger partial charge < -0.3 is 10.6 Å². The fraction of sp³-hybridized carbons (Fsp3) is 0.333. The van der Waals surface area contributed by atoms with Crippen molar-refractivity contribution in [3.8, 4) is 0 Å². The molecular weight excluding hydrogens is 326 g/mol. The van der Waals surface area contributed by atoms with Gasteiger partial charge in [-0.3, -0.25) is 14.5 Å². The van der Waals surface area contributed by atoms with Crippen molar-refractivity contribution in [2.24, 2.45) is 0 Å². The Labute approximate surface area is 155 Å². The summed E-state index contributed by atoms with van der Waals surface area (Å²) in [5.74, 6) is -0.246. The number of likely N-dealkylation sites (N-methyl/N-ethyl adjacent to an activating group) is 1. The average Bonchev–Trinajstić information content (AvgIpc) is 2.63. The predicted octanol–water partition coefficient (Wildman–Crippen LogP) is 3.13. The van der Waals surface area contributed by atoms with Gasteiger partial charge in [-0.2, -0.15) is 0 Å². The summed E-state index contributed by atoms with van der Waals surface area (Å²) in [6.45, 7) is 4.80. The van der Waals surface area contributed by atoms with Gasteiger partial charge in [-0.1, -0.05) is 55.0 Å². The summed E-state index contributed by atoms with van der Waals surface area (Å²) in [6.07, 6.45) is 0.880. The molecule has 0 heterocycles. The Morgan fingerprint density at radius 2 is 1.69 bits per heavy atom. The summed E-state index contributed by atoms with van der Waals surface area (Å²) in [6, 6.07) is 16.6. The molecule has 0 spiro atoms.